The highest BCUT2D eigenvalue weighted by Gasteiger charge is 2.45. The van der Waals surface area contributed by atoms with Crippen molar-refractivity contribution in [2.45, 2.75) is 165 Å². The van der Waals surface area contributed by atoms with Gasteiger partial charge in [-0.1, -0.05) is 81.6 Å². The summed E-state index contributed by atoms with van der Waals surface area (Å²) in [7, 11) is 0. The van der Waals surface area contributed by atoms with E-state index in [1.807, 2.05) is 0 Å². The van der Waals surface area contributed by atoms with E-state index in [4.69, 9.17) is 18.9 Å². The SMILES string of the molecule is CCCCCCCCCCCCC(Cn1cc(CO[C@@H]2O[C@H](CO)[C@@H](O)[C@H](O)[C@H]2O)nn1)Cn1cc(CO[C@@H]2O[C@H](CO)[C@@H](O)[C@H](O)[C@H]2O)nn1. The van der Waals surface area contributed by atoms with Crippen molar-refractivity contribution < 1.29 is 59.8 Å². The first-order valence-corrected chi connectivity index (χ1v) is 18.3. The van der Waals surface area contributed by atoms with Crippen molar-refractivity contribution >= 4 is 0 Å². The number of rotatable bonds is 23. The van der Waals surface area contributed by atoms with Gasteiger partial charge in [-0.25, -0.2) is 0 Å². The molecule has 2 aromatic rings. The average molecular weight is 731 g/mol. The molecule has 0 radical (unpaired) electrons. The summed E-state index contributed by atoms with van der Waals surface area (Å²) in [4.78, 5) is 0. The highest BCUT2D eigenvalue weighted by atomic mass is 16.7. The first-order valence-electron chi connectivity index (χ1n) is 18.3. The van der Waals surface area contributed by atoms with E-state index in [1.165, 1.54) is 51.4 Å². The molecule has 4 rings (SSSR count). The number of hydrogen-bond donors (Lipinski definition) is 8. The van der Waals surface area contributed by atoms with Gasteiger partial charge < -0.3 is 59.8 Å². The standard InChI is InChI=1S/C33H58N6O12/c1-2-3-4-5-6-7-8-9-10-11-12-21(13-38-15-22(34-36-38)19-48-32-30(46)28(44)26(42)24(17-40)50-32)14-39-16-23(35-37-39)20-49-33-31(47)29(45)27(43)25(18-41)51-33/h15-16,21,24-33,40-47H,2-14,17-20H2,1H3/t24-,25-,26-,27-,28+,29+,30-,31-,32-,33-/m1/s1. The quantitative estimate of drug-likeness (QED) is 0.0647. The van der Waals surface area contributed by atoms with Crippen molar-refractivity contribution in [1.82, 2.24) is 30.0 Å². The number of aliphatic hydroxyl groups excluding tert-OH is 8. The lowest BCUT2D eigenvalue weighted by atomic mass is 9.99. The summed E-state index contributed by atoms with van der Waals surface area (Å²) in [5, 5.41) is 96.3. The normalized spacial score (nSPS) is 30.0. The third kappa shape index (κ3) is 12.4. The number of aromatic nitrogens is 6. The molecule has 0 saturated carbocycles. The number of nitrogens with zero attached hydrogens (tertiary/aromatic N) is 6. The number of hydrogen-bond acceptors (Lipinski definition) is 16. The lowest BCUT2D eigenvalue weighted by Gasteiger charge is -2.39. The van der Waals surface area contributed by atoms with Crippen LogP contribution in [0.2, 0.25) is 0 Å². The Morgan fingerprint density at radius 2 is 1.02 bits per heavy atom. The van der Waals surface area contributed by atoms with E-state index in [0.717, 1.165) is 19.3 Å². The second-order valence-corrected chi connectivity index (χ2v) is 13.7. The van der Waals surface area contributed by atoms with E-state index in [9.17, 15) is 40.9 Å². The first kappa shape index (κ1) is 41.6. The van der Waals surface area contributed by atoms with Crippen molar-refractivity contribution in [3.05, 3.63) is 23.8 Å². The third-order valence-electron chi connectivity index (χ3n) is 9.52. The minimum atomic E-state index is -1.54. The molecule has 0 bridgehead atoms. The third-order valence-corrected chi connectivity index (χ3v) is 9.52. The molecule has 0 aromatic carbocycles. The molecule has 10 atom stereocenters. The maximum absolute atomic E-state index is 10.3. The van der Waals surface area contributed by atoms with Crippen LogP contribution in [0.4, 0.5) is 0 Å². The van der Waals surface area contributed by atoms with Gasteiger partial charge in [0, 0.05) is 13.1 Å². The zero-order chi connectivity index (χ0) is 36.8. The Hall–Kier alpha value is -2.20. The van der Waals surface area contributed by atoms with Gasteiger partial charge in [0.2, 0.25) is 0 Å². The van der Waals surface area contributed by atoms with Gasteiger partial charge in [-0.05, 0) is 12.3 Å². The van der Waals surface area contributed by atoms with Crippen LogP contribution in [0, 0.1) is 5.92 Å². The maximum atomic E-state index is 10.3. The molecule has 0 spiro atoms. The van der Waals surface area contributed by atoms with Crippen LogP contribution in [0.3, 0.4) is 0 Å². The zero-order valence-electron chi connectivity index (χ0n) is 29.4. The molecule has 51 heavy (non-hydrogen) atoms. The van der Waals surface area contributed by atoms with E-state index < -0.39 is 74.6 Å². The molecule has 8 N–H and O–H groups in total. The Balaban J connectivity index is 1.30. The van der Waals surface area contributed by atoms with Crippen molar-refractivity contribution in [2.24, 2.45) is 5.92 Å². The lowest BCUT2D eigenvalue weighted by molar-refractivity contribution is -0.304. The fraction of sp³-hybridized carbons (Fsp3) is 0.879. The van der Waals surface area contributed by atoms with E-state index in [1.54, 1.807) is 21.8 Å². The fourth-order valence-corrected chi connectivity index (χ4v) is 6.42. The van der Waals surface area contributed by atoms with E-state index in [2.05, 4.69) is 27.5 Å². The Morgan fingerprint density at radius 1 is 0.608 bits per heavy atom. The van der Waals surface area contributed by atoms with Crippen molar-refractivity contribution in [2.75, 3.05) is 13.2 Å². The lowest BCUT2D eigenvalue weighted by Crippen LogP contribution is -2.59. The van der Waals surface area contributed by atoms with E-state index in [-0.39, 0.29) is 19.1 Å². The fourth-order valence-electron chi connectivity index (χ4n) is 6.42. The average Bonchev–Trinajstić information content (AvgIpc) is 3.78. The van der Waals surface area contributed by atoms with Crippen LogP contribution in [0.5, 0.6) is 0 Å². The Bertz CT molecular complexity index is 1160. The number of aliphatic hydroxyl groups is 8. The van der Waals surface area contributed by atoms with Crippen molar-refractivity contribution in [3.63, 3.8) is 0 Å². The van der Waals surface area contributed by atoms with Crippen LogP contribution in [0.25, 0.3) is 0 Å². The zero-order valence-corrected chi connectivity index (χ0v) is 29.4. The Morgan fingerprint density at radius 3 is 1.43 bits per heavy atom. The van der Waals surface area contributed by atoms with Gasteiger partial charge in [0.05, 0.1) is 38.8 Å². The van der Waals surface area contributed by atoms with Crippen LogP contribution in [-0.4, -0.2) is 145 Å². The van der Waals surface area contributed by atoms with Crippen LogP contribution in [0.15, 0.2) is 12.4 Å². The monoisotopic (exact) mass is 730 g/mol. The molecular formula is C33H58N6O12. The summed E-state index contributed by atoms with van der Waals surface area (Å²) in [5.74, 6) is 0.0980. The molecule has 18 nitrogen and oxygen atoms in total. The van der Waals surface area contributed by atoms with Crippen LogP contribution in [0.1, 0.15) is 88.9 Å². The largest absolute Gasteiger partial charge is 0.394 e. The summed E-state index contributed by atoms with van der Waals surface area (Å²) in [5.41, 5.74) is 0.913. The van der Waals surface area contributed by atoms with Gasteiger partial charge in [-0.2, -0.15) is 0 Å². The van der Waals surface area contributed by atoms with Crippen LogP contribution >= 0.6 is 0 Å². The molecule has 2 saturated heterocycles. The summed E-state index contributed by atoms with van der Waals surface area (Å²) in [6.45, 7) is 1.96. The molecule has 0 aliphatic carbocycles. The highest BCUT2D eigenvalue weighted by Crippen LogP contribution is 2.24. The first-order chi connectivity index (χ1) is 24.6. The highest BCUT2D eigenvalue weighted by molar-refractivity contribution is 4.94. The predicted molar refractivity (Wildman–Crippen MR) is 177 cm³/mol. The van der Waals surface area contributed by atoms with Gasteiger partial charge in [0.25, 0.3) is 0 Å². The minimum Gasteiger partial charge on any atom is -0.394 e. The second-order valence-electron chi connectivity index (χ2n) is 13.7. The van der Waals surface area contributed by atoms with Crippen LogP contribution < -0.4 is 0 Å². The molecule has 2 aromatic heterocycles. The summed E-state index contributed by atoms with van der Waals surface area (Å²) in [6.07, 6.45) is 2.78. The molecule has 2 aliphatic rings. The van der Waals surface area contributed by atoms with Gasteiger partial charge in [0.15, 0.2) is 12.6 Å². The molecule has 2 aliphatic heterocycles. The molecular weight excluding hydrogens is 672 g/mol. The van der Waals surface area contributed by atoms with Gasteiger partial charge in [0.1, 0.15) is 60.2 Å². The molecule has 18 heteroatoms. The minimum absolute atomic E-state index is 0.0906. The molecule has 4 heterocycles. The number of unbranched alkanes of at least 4 members (excludes halogenated alkanes) is 9. The second kappa shape index (κ2) is 21.5. The van der Waals surface area contributed by atoms with Gasteiger partial charge in [-0.3, -0.25) is 9.36 Å². The molecule has 0 amide bonds. The smallest absolute Gasteiger partial charge is 0.187 e. The van der Waals surface area contributed by atoms with Crippen LogP contribution in [-0.2, 0) is 45.3 Å². The maximum Gasteiger partial charge on any atom is 0.187 e. The summed E-state index contributed by atoms with van der Waals surface area (Å²) >= 11 is 0. The Kier molecular flexibility index (Phi) is 17.5. The van der Waals surface area contributed by atoms with Gasteiger partial charge in [-0.15, -0.1) is 10.2 Å². The summed E-state index contributed by atoms with van der Waals surface area (Å²) < 4.78 is 25.4. The van der Waals surface area contributed by atoms with Gasteiger partial charge >= 0.3 is 0 Å². The predicted octanol–water partition coefficient (Wildman–Crippen LogP) is -0.870. The topological polar surface area (TPSA) is 260 Å². The Labute approximate surface area is 297 Å². The molecule has 0 unspecified atom stereocenters. The molecule has 2 fully saturated rings. The number of ether oxygens (including phenoxy) is 4. The van der Waals surface area contributed by atoms with Crippen molar-refractivity contribution in [1.29, 1.82) is 0 Å². The van der Waals surface area contributed by atoms with E-state index in [0.29, 0.717) is 24.5 Å². The summed E-state index contributed by atoms with van der Waals surface area (Å²) in [6, 6.07) is 0. The molecule has 292 valence electrons. The van der Waals surface area contributed by atoms with Crippen molar-refractivity contribution in [3.8, 4) is 0 Å². The van der Waals surface area contributed by atoms with E-state index >= 15 is 0 Å².